The number of benzene rings is 3. The molecule has 0 aliphatic carbocycles. The summed E-state index contributed by atoms with van der Waals surface area (Å²) in [5, 5.41) is 0. The summed E-state index contributed by atoms with van der Waals surface area (Å²) in [6, 6.07) is 20.6. The van der Waals surface area contributed by atoms with Crippen LogP contribution in [0.3, 0.4) is 0 Å². The number of imidazole rings is 1. The van der Waals surface area contributed by atoms with Crippen molar-refractivity contribution in [1.29, 1.82) is 0 Å². The zero-order valence-corrected chi connectivity index (χ0v) is 26.3. The van der Waals surface area contributed by atoms with Crippen LogP contribution in [0, 0.1) is 0 Å². The van der Waals surface area contributed by atoms with Crippen molar-refractivity contribution in [3.05, 3.63) is 89.4 Å². The summed E-state index contributed by atoms with van der Waals surface area (Å²) in [5.74, 6) is 3.47. The summed E-state index contributed by atoms with van der Waals surface area (Å²) in [5.41, 5.74) is 5.40. The summed E-state index contributed by atoms with van der Waals surface area (Å²) in [6.07, 6.45) is 7.94. The SMILES string of the molecule is COc1cc(C[n+]2c(N=Cc3ccc(N(C)C)cc3)c[nH]c2C=Cc2ccc(N(C)C)cc2)cc(OC)c1OC.[Br-]. The minimum Gasteiger partial charge on any atom is -1.00 e. The van der Waals surface area contributed by atoms with Crippen LogP contribution >= 0.6 is 0 Å². The Bertz CT molecular complexity index is 1370. The zero-order chi connectivity index (χ0) is 28.6. The number of aromatic amines is 1. The number of hydrogen-bond donors (Lipinski definition) is 1. The van der Waals surface area contributed by atoms with E-state index >= 15 is 0 Å². The molecule has 1 heterocycles. The molecule has 0 amide bonds. The Morgan fingerprint density at radius 2 is 1.29 bits per heavy atom. The van der Waals surface area contributed by atoms with Gasteiger partial charge < -0.3 is 41.0 Å². The lowest BCUT2D eigenvalue weighted by atomic mass is 10.1. The first kappa shape index (κ1) is 31.3. The number of nitrogens with zero attached hydrogens (tertiary/aromatic N) is 4. The number of methoxy groups -OCH3 is 3. The van der Waals surface area contributed by atoms with E-state index in [-0.39, 0.29) is 17.0 Å². The van der Waals surface area contributed by atoms with Crippen LogP contribution in [0.4, 0.5) is 17.2 Å². The first-order valence-electron chi connectivity index (χ1n) is 13.0. The van der Waals surface area contributed by atoms with Crippen LogP contribution in [-0.4, -0.2) is 60.7 Å². The predicted molar refractivity (Wildman–Crippen MR) is 164 cm³/mol. The van der Waals surface area contributed by atoms with Gasteiger partial charge in [-0.1, -0.05) is 12.1 Å². The van der Waals surface area contributed by atoms with Crippen molar-refractivity contribution in [2.45, 2.75) is 6.54 Å². The van der Waals surface area contributed by atoms with Gasteiger partial charge in [-0.25, -0.2) is 4.57 Å². The molecule has 4 rings (SSSR count). The number of nitrogens with one attached hydrogen (secondary N) is 1. The highest BCUT2D eigenvalue weighted by Crippen LogP contribution is 2.38. The molecule has 8 nitrogen and oxygen atoms in total. The number of hydrogen-bond acceptors (Lipinski definition) is 6. The monoisotopic (exact) mass is 619 g/mol. The minimum atomic E-state index is 0. The van der Waals surface area contributed by atoms with Gasteiger partial charge in [0.2, 0.25) is 11.6 Å². The van der Waals surface area contributed by atoms with E-state index in [1.54, 1.807) is 21.3 Å². The first-order chi connectivity index (χ1) is 19.3. The van der Waals surface area contributed by atoms with E-state index in [0.29, 0.717) is 23.8 Å². The molecule has 0 aliphatic rings. The highest BCUT2D eigenvalue weighted by molar-refractivity contribution is 5.82. The first-order valence-corrected chi connectivity index (χ1v) is 13.0. The maximum absolute atomic E-state index is 5.59. The fraction of sp³-hybridized carbons (Fsp3) is 0.250. The van der Waals surface area contributed by atoms with E-state index in [0.717, 1.165) is 39.7 Å². The van der Waals surface area contributed by atoms with E-state index in [1.807, 2.05) is 52.7 Å². The Morgan fingerprint density at radius 1 is 0.756 bits per heavy atom. The molecule has 0 radical (unpaired) electrons. The average molecular weight is 621 g/mol. The maximum atomic E-state index is 5.59. The lowest BCUT2D eigenvalue weighted by Gasteiger charge is -2.14. The van der Waals surface area contributed by atoms with E-state index < -0.39 is 0 Å². The number of halogens is 1. The minimum absolute atomic E-state index is 0. The molecule has 4 aromatic rings. The van der Waals surface area contributed by atoms with Crippen molar-refractivity contribution >= 4 is 35.6 Å². The van der Waals surface area contributed by atoms with Gasteiger partial charge in [-0.05, 0) is 65.7 Å². The summed E-state index contributed by atoms with van der Waals surface area (Å²) in [7, 11) is 13.0. The van der Waals surface area contributed by atoms with Crippen molar-refractivity contribution in [2.24, 2.45) is 4.99 Å². The Labute approximate surface area is 253 Å². The van der Waals surface area contributed by atoms with Gasteiger partial charge in [-0.15, -0.1) is 4.99 Å². The third-order valence-electron chi connectivity index (χ3n) is 6.58. The van der Waals surface area contributed by atoms with Crippen molar-refractivity contribution in [3.63, 3.8) is 0 Å². The van der Waals surface area contributed by atoms with Gasteiger partial charge in [-0.3, -0.25) is 4.98 Å². The van der Waals surface area contributed by atoms with Crippen molar-refractivity contribution in [3.8, 4) is 17.2 Å². The fourth-order valence-electron chi connectivity index (χ4n) is 4.30. The van der Waals surface area contributed by atoms with Gasteiger partial charge in [0.05, 0.1) is 27.9 Å². The van der Waals surface area contributed by atoms with Crippen LogP contribution < -0.4 is 45.6 Å². The lowest BCUT2D eigenvalue weighted by molar-refractivity contribution is -0.676. The molecular formula is C32H38BrN5O3. The second kappa shape index (κ2) is 14.4. The normalized spacial score (nSPS) is 11.0. The van der Waals surface area contributed by atoms with Crippen LogP contribution in [0.2, 0.25) is 0 Å². The molecule has 1 aromatic heterocycles. The smallest absolute Gasteiger partial charge is 0.294 e. The zero-order valence-electron chi connectivity index (χ0n) is 24.7. The summed E-state index contributed by atoms with van der Waals surface area (Å²) in [4.78, 5) is 12.4. The number of aliphatic imine (C=N–C) groups is 1. The molecule has 0 atom stereocenters. The van der Waals surface area contributed by atoms with Crippen molar-refractivity contribution in [1.82, 2.24) is 4.98 Å². The van der Waals surface area contributed by atoms with Gasteiger partial charge in [0.15, 0.2) is 11.5 Å². The summed E-state index contributed by atoms with van der Waals surface area (Å²) >= 11 is 0. The second-order valence-corrected chi connectivity index (χ2v) is 9.72. The molecule has 0 saturated carbocycles. The van der Waals surface area contributed by atoms with Gasteiger partial charge in [0, 0.05) is 51.2 Å². The third-order valence-corrected chi connectivity index (χ3v) is 6.58. The van der Waals surface area contributed by atoms with Crippen LogP contribution in [-0.2, 0) is 6.54 Å². The number of rotatable bonds is 11. The van der Waals surface area contributed by atoms with Gasteiger partial charge in [0.25, 0.3) is 5.82 Å². The van der Waals surface area contributed by atoms with Crippen LogP contribution in [0.5, 0.6) is 17.2 Å². The quantitative estimate of drug-likeness (QED) is 0.206. The Kier molecular flexibility index (Phi) is 11.0. The second-order valence-electron chi connectivity index (χ2n) is 9.72. The number of H-pyrrole nitrogens is 1. The van der Waals surface area contributed by atoms with E-state index in [1.165, 1.54) is 0 Å². The van der Waals surface area contributed by atoms with E-state index in [2.05, 4.69) is 80.0 Å². The largest absolute Gasteiger partial charge is 1.00 e. The lowest BCUT2D eigenvalue weighted by Crippen LogP contribution is -3.00. The third kappa shape index (κ3) is 7.70. The molecule has 3 aromatic carbocycles. The molecular weight excluding hydrogens is 582 g/mol. The molecule has 0 fully saturated rings. The van der Waals surface area contributed by atoms with Gasteiger partial charge >= 0.3 is 0 Å². The Hall–Kier alpha value is -4.24. The molecule has 0 bridgehead atoms. The molecule has 0 spiro atoms. The number of ether oxygens (including phenoxy) is 3. The van der Waals surface area contributed by atoms with Crippen molar-refractivity contribution in [2.75, 3.05) is 59.3 Å². The summed E-state index contributed by atoms with van der Waals surface area (Å²) < 4.78 is 18.8. The molecule has 0 saturated heterocycles. The number of anilines is 2. The highest BCUT2D eigenvalue weighted by atomic mass is 79.9. The average Bonchev–Trinajstić information content (AvgIpc) is 3.35. The molecule has 1 N–H and O–H groups in total. The van der Waals surface area contributed by atoms with E-state index in [9.17, 15) is 0 Å². The van der Waals surface area contributed by atoms with Crippen LogP contribution in [0.1, 0.15) is 22.5 Å². The highest BCUT2D eigenvalue weighted by Gasteiger charge is 2.19. The molecule has 41 heavy (non-hydrogen) atoms. The molecule has 0 unspecified atom stereocenters. The molecule has 9 heteroatoms. The topological polar surface area (TPSA) is 66.2 Å². The van der Waals surface area contributed by atoms with Crippen LogP contribution in [0.25, 0.3) is 12.2 Å². The van der Waals surface area contributed by atoms with E-state index in [4.69, 9.17) is 19.2 Å². The number of aromatic nitrogens is 2. The fourth-order valence-corrected chi connectivity index (χ4v) is 4.30. The predicted octanol–water partition coefficient (Wildman–Crippen LogP) is 2.43. The van der Waals surface area contributed by atoms with Crippen LogP contribution in [0.15, 0.2) is 71.9 Å². The maximum Gasteiger partial charge on any atom is 0.294 e. The Balaban J connectivity index is 0.00000462. The standard InChI is InChI=1S/C32H37N5O3.BrH/c1-35(2)26-13-8-23(9-14-26)12-17-30-34-21-31(33-20-24-10-15-27(16-11-24)36(3)4)37(30)22-25-18-28(38-5)32(40-7)29(19-25)39-6;/h8-21H,22H2,1-7H3;1H. The van der Waals surface area contributed by atoms with Crippen molar-refractivity contribution < 1.29 is 35.8 Å². The summed E-state index contributed by atoms with van der Waals surface area (Å²) in [6.45, 7) is 0.533. The molecule has 216 valence electrons. The Morgan fingerprint density at radius 3 is 1.78 bits per heavy atom. The van der Waals surface area contributed by atoms with Gasteiger partial charge in [-0.2, -0.15) is 0 Å². The van der Waals surface area contributed by atoms with Gasteiger partial charge in [0.1, 0.15) is 12.4 Å². The molecule has 0 aliphatic heterocycles.